The predicted octanol–water partition coefficient (Wildman–Crippen LogP) is 6.08. The molecule has 5 heteroatoms. The van der Waals surface area contributed by atoms with E-state index in [1.54, 1.807) is 6.07 Å². The highest BCUT2D eigenvalue weighted by Crippen LogP contribution is 2.52. The van der Waals surface area contributed by atoms with Crippen molar-refractivity contribution < 1.29 is 14.7 Å². The Morgan fingerprint density at radius 1 is 1.05 bits per heavy atom. The van der Waals surface area contributed by atoms with Gasteiger partial charge in [0.15, 0.2) is 0 Å². The van der Waals surface area contributed by atoms with Crippen LogP contribution in [0.25, 0.3) is 11.1 Å². The van der Waals surface area contributed by atoms with Crippen LogP contribution in [0.1, 0.15) is 63.6 Å². The van der Waals surface area contributed by atoms with E-state index in [2.05, 4.69) is 67.5 Å². The molecule has 1 fully saturated rings. The Labute approximate surface area is 231 Å². The van der Waals surface area contributed by atoms with Crippen molar-refractivity contribution in [3.8, 4) is 16.9 Å². The van der Waals surface area contributed by atoms with Gasteiger partial charge in [0.1, 0.15) is 12.0 Å². The average molecular weight is 523 g/mol. The summed E-state index contributed by atoms with van der Waals surface area (Å²) >= 11 is 0. The van der Waals surface area contributed by atoms with Gasteiger partial charge in [-0.1, -0.05) is 66.7 Å². The van der Waals surface area contributed by atoms with Crippen LogP contribution in [0.5, 0.6) is 5.75 Å². The number of phenolic OH excluding ortho intramolecular Hbond substituents is 1. The van der Waals surface area contributed by atoms with Crippen molar-refractivity contribution in [2.45, 2.75) is 51.0 Å². The highest BCUT2D eigenvalue weighted by molar-refractivity contribution is 5.97. The van der Waals surface area contributed by atoms with E-state index in [1.807, 2.05) is 30.3 Å². The third-order valence-electron chi connectivity index (χ3n) is 9.03. The first-order valence-electron chi connectivity index (χ1n) is 14.0. The first kappa shape index (κ1) is 26.9. The molecule has 1 aliphatic heterocycles. The molecule has 3 unspecified atom stereocenters. The maximum atomic E-state index is 13.2. The zero-order chi connectivity index (χ0) is 27.6. The number of phenols is 1. The summed E-state index contributed by atoms with van der Waals surface area (Å²) in [4.78, 5) is 26.5. The van der Waals surface area contributed by atoms with Crippen molar-refractivity contribution in [2.24, 2.45) is 5.92 Å². The minimum absolute atomic E-state index is 0.148. The number of hydrogen-bond acceptors (Lipinski definition) is 4. The summed E-state index contributed by atoms with van der Waals surface area (Å²) in [6.07, 6.45) is 9.10. The van der Waals surface area contributed by atoms with Crippen LogP contribution in [0, 0.1) is 12.8 Å². The van der Waals surface area contributed by atoms with Crippen LogP contribution < -0.4 is 5.32 Å². The lowest BCUT2D eigenvalue weighted by atomic mass is 9.58. The minimum Gasteiger partial charge on any atom is -0.507 e. The predicted molar refractivity (Wildman–Crippen MR) is 156 cm³/mol. The molecule has 0 bridgehead atoms. The molecule has 0 spiro atoms. The number of nitrogens with zero attached hydrogens (tertiary/aromatic N) is 1. The number of aldehydes is 1. The molecule has 3 aromatic carbocycles. The molecule has 3 aromatic rings. The van der Waals surface area contributed by atoms with Gasteiger partial charge in [0, 0.05) is 35.0 Å². The standard InChI is InChI=1S/C34H38N2O3/c1-23-7-16-29(32(38)31(23)34-18-5-4-6-30(34)24(2)36(3)21-19-34)33(39)35-20-17-25-8-12-27(13-9-25)28-14-10-26(22-37)11-15-28/h4,6-16,22,24,30,38H,5,17-21H2,1-3H3,(H,35,39). The first-order chi connectivity index (χ1) is 18.8. The molecule has 3 atom stereocenters. The SMILES string of the molecule is Cc1ccc(C(=O)NCCc2ccc(-c3ccc(C=O)cc3)cc2)c(O)c1C12CCC=CC1C(C)N(C)CC2. The van der Waals surface area contributed by atoms with Gasteiger partial charge in [-0.3, -0.25) is 9.59 Å². The molecule has 0 saturated carbocycles. The second-order valence-electron chi connectivity index (χ2n) is 11.2. The van der Waals surface area contributed by atoms with Crippen LogP contribution in [0.2, 0.25) is 0 Å². The van der Waals surface area contributed by atoms with Gasteiger partial charge in [0.25, 0.3) is 5.91 Å². The van der Waals surface area contributed by atoms with Crippen molar-refractivity contribution >= 4 is 12.2 Å². The molecule has 1 heterocycles. The normalized spacial score (nSPS) is 22.7. The molecule has 202 valence electrons. The first-order valence-corrected chi connectivity index (χ1v) is 14.0. The summed E-state index contributed by atoms with van der Waals surface area (Å²) in [6.45, 7) is 5.79. The Morgan fingerprint density at radius 3 is 2.44 bits per heavy atom. The number of carbonyl (C=O) groups is 2. The lowest BCUT2D eigenvalue weighted by Crippen LogP contribution is -2.54. The molecule has 39 heavy (non-hydrogen) atoms. The summed E-state index contributed by atoms with van der Waals surface area (Å²) in [7, 11) is 2.17. The number of benzene rings is 3. The number of nitrogens with one attached hydrogen (secondary N) is 1. The molecule has 2 aliphatic rings. The molecular formula is C34H38N2O3. The fourth-order valence-electron chi connectivity index (χ4n) is 6.66. The number of likely N-dealkylation sites (tertiary alicyclic amines) is 1. The van der Waals surface area contributed by atoms with Crippen LogP contribution >= 0.6 is 0 Å². The Balaban J connectivity index is 1.29. The third-order valence-corrected chi connectivity index (χ3v) is 9.03. The van der Waals surface area contributed by atoms with Gasteiger partial charge < -0.3 is 15.3 Å². The van der Waals surface area contributed by atoms with Gasteiger partial charge in [-0.25, -0.2) is 0 Å². The molecule has 0 radical (unpaired) electrons. The molecule has 2 N–H and O–H groups in total. The molecule has 1 aliphatic carbocycles. The minimum atomic E-state index is -0.235. The molecule has 0 aromatic heterocycles. The molecular weight excluding hydrogens is 484 g/mol. The molecule has 1 saturated heterocycles. The number of aromatic hydroxyl groups is 1. The van der Waals surface area contributed by atoms with E-state index in [4.69, 9.17) is 0 Å². The summed E-state index contributed by atoms with van der Waals surface area (Å²) < 4.78 is 0. The highest BCUT2D eigenvalue weighted by atomic mass is 16.3. The zero-order valence-electron chi connectivity index (χ0n) is 23.1. The van der Waals surface area contributed by atoms with E-state index in [-0.39, 0.29) is 17.1 Å². The van der Waals surface area contributed by atoms with Gasteiger partial charge in [-0.15, -0.1) is 0 Å². The van der Waals surface area contributed by atoms with Gasteiger partial charge in [-0.05, 0) is 81.4 Å². The summed E-state index contributed by atoms with van der Waals surface area (Å²) in [5.41, 5.74) is 6.14. The van der Waals surface area contributed by atoms with Crippen molar-refractivity contribution in [1.82, 2.24) is 10.2 Å². The fourth-order valence-corrected chi connectivity index (χ4v) is 6.66. The Bertz CT molecular complexity index is 1380. The van der Waals surface area contributed by atoms with E-state index in [0.29, 0.717) is 36.1 Å². The van der Waals surface area contributed by atoms with Gasteiger partial charge in [0.2, 0.25) is 0 Å². The largest absolute Gasteiger partial charge is 0.507 e. The maximum absolute atomic E-state index is 13.2. The lowest BCUT2D eigenvalue weighted by Gasteiger charge is -2.52. The van der Waals surface area contributed by atoms with Gasteiger partial charge in [-0.2, -0.15) is 0 Å². The van der Waals surface area contributed by atoms with Crippen LogP contribution in [-0.4, -0.2) is 48.4 Å². The zero-order valence-corrected chi connectivity index (χ0v) is 23.1. The smallest absolute Gasteiger partial charge is 0.255 e. The van der Waals surface area contributed by atoms with E-state index in [9.17, 15) is 14.7 Å². The van der Waals surface area contributed by atoms with E-state index < -0.39 is 0 Å². The van der Waals surface area contributed by atoms with Crippen LogP contribution in [-0.2, 0) is 11.8 Å². The second-order valence-corrected chi connectivity index (χ2v) is 11.2. The summed E-state index contributed by atoms with van der Waals surface area (Å²) in [5, 5.41) is 14.6. The quantitative estimate of drug-likeness (QED) is 0.291. The number of fused-ring (bicyclic) bond motifs is 1. The Hall–Kier alpha value is -3.70. The van der Waals surface area contributed by atoms with Crippen molar-refractivity contribution in [1.29, 1.82) is 0 Å². The van der Waals surface area contributed by atoms with Crippen molar-refractivity contribution in [2.75, 3.05) is 20.1 Å². The topological polar surface area (TPSA) is 69.6 Å². The van der Waals surface area contributed by atoms with Crippen molar-refractivity contribution in [3.05, 3.63) is 101 Å². The van der Waals surface area contributed by atoms with Crippen LogP contribution in [0.3, 0.4) is 0 Å². The number of hydrogen-bond donors (Lipinski definition) is 2. The van der Waals surface area contributed by atoms with Crippen LogP contribution in [0.4, 0.5) is 0 Å². The van der Waals surface area contributed by atoms with E-state index in [1.165, 1.54) is 0 Å². The maximum Gasteiger partial charge on any atom is 0.255 e. The number of amides is 1. The van der Waals surface area contributed by atoms with E-state index >= 15 is 0 Å². The molecule has 1 amide bonds. The average Bonchev–Trinajstić information content (AvgIpc) is 2.96. The van der Waals surface area contributed by atoms with Gasteiger partial charge in [0.05, 0.1) is 5.56 Å². The molecule has 5 rings (SSSR count). The number of aryl methyl sites for hydroxylation is 1. The number of rotatable bonds is 7. The summed E-state index contributed by atoms with van der Waals surface area (Å²) in [5.74, 6) is 0.217. The van der Waals surface area contributed by atoms with E-state index in [0.717, 1.165) is 59.9 Å². The Morgan fingerprint density at radius 2 is 1.74 bits per heavy atom. The number of allylic oxidation sites excluding steroid dienone is 1. The van der Waals surface area contributed by atoms with Gasteiger partial charge >= 0.3 is 0 Å². The second kappa shape index (κ2) is 11.2. The number of piperidine rings is 1. The lowest BCUT2D eigenvalue weighted by molar-refractivity contribution is 0.0685. The third kappa shape index (κ3) is 5.16. The monoisotopic (exact) mass is 522 g/mol. The number of carbonyl (C=O) groups excluding carboxylic acids is 2. The Kier molecular flexibility index (Phi) is 7.72. The van der Waals surface area contributed by atoms with Crippen molar-refractivity contribution in [3.63, 3.8) is 0 Å². The highest BCUT2D eigenvalue weighted by Gasteiger charge is 2.49. The molecule has 5 nitrogen and oxygen atoms in total. The van der Waals surface area contributed by atoms with Crippen LogP contribution in [0.15, 0.2) is 72.8 Å². The summed E-state index contributed by atoms with van der Waals surface area (Å²) in [6, 6.07) is 19.9. The fraction of sp³-hybridized carbons (Fsp3) is 0.353.